The smallest absolute Gasteiger partial charge is 0.252 e. The molecular formula is C29H35N3O3. The third-order valence-electron chi connectivity index (χ3n) is 6.61. The number of piperazine rings is 1. The van der Waals surface area contributed by atoms with Crippen LogP contribution in [0.15, 0.2) is 66.7 Å². The second kappa shape index (κ2) is 11.3. The number of methoxy groups -OCH3 is 1. The fraction of sp³-hybridized carbons (Fsp3) is 0.345. The van der Waals surface area contributed by atoms with Gasteiger partial charge in [-0.3, -0.25) is 4.79 Å². The van der Waals surface area contributed by atoms with Crippen LogP contribution in [0.3, 0.4) is 0 Å². The largest absolute Gasteiger partial charge is 0.493 e. The van der Waals surface area contributed by atoms with E-state index < -0.39 is 0 Å². The minimum absolute atomic E-state index is 0.0747. The number of nitrogens with zero attached hydrogens (tertiary/aromatic N) is 2. The average Bonchev–Trinajstić information content (AvgIpc) is 2.88. The van der Waals surface area contributed by atoms with E-state index in [1.807, 2.05) is 74.5 Å². The highest BCUT2D eigenvalue weighted by atomic mass is 16.5. The first-order valence-corrected chi connectivity index (χ1v) is 12.1. The number of likely N-dealkylation sites (N-methyl/N-ethyl adjacent to an activating group) is 1. The van der Waals surface area contributed by atoms with Gasteiger partial charge in [-0.1, -0.05) is 42.5 Å². The standard InChI is InChI=1S/C29H35N3O3/c1-21-10-12-25(32-16-14-31(3)15-17-32)19-26(21)29(33)30-22(2)24-11-13-27(28(18-24)34-4)35-20-23-8-6-5-7-9-23/h5-13,18-19,22H,14-17,20H2,1-4H3,(H,30,33)/t22-/m1/s1. The molecule has 0 aliphatic carbocycles. The van der Waals surface area contributed by atoms with E-state index in [2.05, 4.69) is 28.2 Å². The van der Waals surface area contributed by atoms with Crippen LogP contribution in [0.5, 0.6) is 11.5 Å². The van der Waals surface area contributed by atoms with Crippen molar-refractivity contribution in [2.45, 2.75) is 26.5 Å². The summed E-state index contributed by atoms with van der Waals surface area (Å²) in [6.07, 6.45) is 0. The van der Waals surface area contributed by atoms with Crippen LogP contribution in [0.1, 0.15) is 40.0 Å². The van der Waals surface area contributed by atoms with Gasteiger partial charge in [0, 0.05) is 37.4 Å². The van der Waals surface area contributed by atoms with Gasteiger partial charge in [0.15, 0.2) is 11.5 Å². The lowest BCUT2D eigenvalue weighted by molar-refractivity contribution is 0.0939. The topological polar surface area (TPSA) is 54.0 Å². The lowest BCUT2D eigenvalue weighted by Gasteiger charge is -2.34. The summed E-state index contributed by atoms with van der Waals surface area (Å²) in [5.74, 6) is 1.25. The van der Waals surface area contributed by atoms with Gasteiger partial charge < -0.3 is 24.6 Å². The normalized spacial score (nSPS) is 14.9. The van der Waals surface area contributed by atoms with E-state index >= 15 is 0 Å². The molecule has 1 atom stereocenters. The summed E-state index contributed by atoms with van der Waals surface area (Å²) in [7, 11) is 3.77. The lowest BCUT2D eigenvalue weighted by Crippen LogP contribution is -2.44. The van der Waals surface area contributed by atoms with Gasteiger partial charge in [0.25, 0.3) is 5.91 Å². The van der Waals surface area contributed by atoms with Crippen molar-refractivity contribution in [2.24, 2.45) is 0 Å². The number of rotatable bonds is 8. The summed E-state index contributed by atoms with van der Waals surface area (Å²) in [4.78, 5) is 17.9. The molecule has 6 heteroatoms. The molecule has 1 aliphatic rings. The molecule has 35 heavy (non-hydrogen) atoms. The molecule has 184 valence electrons. The SMILES string of the molecule is COc1cc([C@@H](C)NC(=O)c2cc(N3CCN(C)CC3)ccc2C)ccc1OCc1ccccc1. The molecule has 0 saturated carbocycles. The van der Waals surface area contributed by atoms with Crippen LogP contribution in [0.2, 0.25) is 0 Å². The van der Waals surface area contributed by atoms with Crippen molar-refractivity contribution in [3.8, 4) is 11.5 Å². The Morgan fingerprint density at radius 1 is 0.971 bits per heavy atom. The van der Waals surface area contributed by atoms with E-state index in [1.54, 1.807) is 7.11 Å². The summed E-state index contributed by atoms with van der Waals surface area (Å²) in [5, 5.41) is 3.16. The van der Waals surface area contributed by atoms with Crippen molar-refractivity contribution in [3.05, 3.63) is 89.0 Å². The van der Waals surface area contributed by atoms with Crippen LogP contribution < -0.4 is 19.7 Å². The summed E-state index contributed by atoms with van der Waals surface area (Å²) >= 11 is 0. The zero-order valence-electron chi connectivity index (χ0n) is 21.1. The van der Waals surface area contributed by atoms with Crippen molar-refractivity contribution in [1.29, 1.82) is 0 Å². The molecule has 4 rings (SSSR count). The maximum Gasteiger partial charge on any atom is 0.252 e. The van der Waals surface area contributed by atoms with E-state index in [0.29, 0.717) is 23.7 Å². The number of anilines is 1. The molecule has 3 aromatic carbocycles. The zero-order valence-corrected chi connectivity index (χ0v) is 21.1. The number of ether oxygens (including phenoxy) is 2. The molecule has 1 N–H and O–H groups in total. The van der Waals surface area contributed by atoms with Crippen LogP contribution in [0.25, 0.3) is 0 Å². The number of nitrogens with one attached hydrogen (secondary N) is 1. The Labute approximate surface area is 208 Å². The number of hydrogen-bond donors (Lipinski definition) is 1. The number of aryl methyl sites for hydroxylation is 1. The molecule has 1 aliphatic heterocycles. The molecule has 1 heterocycles. The monoisotopic (exact) mass is 473 g/mol. The first-order chi connectivity index (χ1) is 16.9. The highest BCUT2D eigenvalue weighted by Crippen LogP contribution is 2.31. The molecule has 0 bridgehead atoms. The highest BCUT2D eigenvalue weighted by Gasteiger charge is 2.19. The number of carbonyl (C=O) groups is 1. The van der Waals surface area contributed by atoms with E-state index in [0.717, 1.165) is 48.6 Å². The number of amides is 1. The van der Waals surface area contributed by atoms with Gasteiger partial charge >= 0.3 is 0 Å². The molecule has 6 nitrogen and oxygen atoms in total. The van der Waals surface area contributed by atoms with Crippen molar-refractivity contribution in [3.63, 3.8) is 0 Å². The van der Waals surface area contributed by atoms with Gasteiger partial charge in [-0.15, -0.1) is 0 Å². The lowest BCUT2D eigenvalue weighted by atomic mass is 10.0. The van der Waals surface area contributed by atoms with Gasteiger partial charge in [0.1, 0.15) is 6.61 Å². The second-order valence-electron chi connectivity index (χ2n) is 9.17. The van der Waals surface area contributed by atoms with Crippen molar-refractivity contribution >= 4 is 11.6 Å². The first kappa shape index (κ1) is 24.6. The third-order valence-corrected chi connectivity index (χ3v) is 6.61. The van der Waals surface area contributed by atoms with Gasteiger partial charge in [-0.05, 0) is 61.9 Å². The minimum atomic E-state index is -0.189. The molecule has 1 saturated heterocycles. The van der Waals surface area contributed by atoms with Gasteiger partial charge in [0.05, 0.1) is 13.2 Å². The fourth-order valence-corrected chi connectivity index (χ4v) is 4.28. The van der Waals surface area contributed by atoms with Gasteiger partial charge in [-0.2, -0.15) is 0 Å². The minimum Gasteiger partial charge on any atom is -0.493 e. The predicted octanol–water partition coefficient (Wildman–Crippen LogP) is 4.83. The number of benzene rings is 3. The highest BCUT2D eigenvalue weighted by molar-refractivity contribution is 5.96. The first-order valence-electron chi connectivity index (χ1n) is 12.1. The molecule has 0 aromatic heterocycles. The summed E-state index contributed by atoms with van der Waals surface area (Å²) in [6.45, 7) is 8.42. The van der Waals surface area contributed by atoms with Gasteiger partial charge in [0.2, 0.25) is 0 Å². The van der Waals surface area contributed by atoms with Crippen LogP contribution in [-0.2, 0) is 6.61 Å². The summed E-state index contributed by atoms with van der Waals surface area (Å²) < 4.78 is 11.5. The van der Waals surface area contributed by atoms with Crippen molar-refractivity contribution in [2.75, 3.05) is 45.2 Å². The second-order valence-corrected chi connectivity index (χ2v) is 9.17. The Bertz CT molecular complexity index is 1140. The van der Waals surface area contributed by atoms with Crippen molar-refractivity contribution in [1.82, 2.24) is 10.2 Å². The Balaban J connectivity index is 1.44. The average molecular weight is 474 g/mol. The van der Waals surface area contributed by atoms with E-state index in [9.17, 15) is 4.79 Å². The predicted molar refractivity (Wildman–Crippen MR) is 141 cm³/mol. The molecule has 1 amide bonds. The number of carbonyl (C=O) groups excluding carboxylic acids is 1. The van der Waals surface area contributed by atoms with E-state index in [1.165, 1.54) is 0 Å². The Morgan fingerprint density at radius 3 is 2.43 bits per heavy atom. The maximum atomic E-state index is 13.2. The van der Waals surface area contributed by atoms with Crippen LogP contribution in [0.4, 0.5) is 5.69 Å². The summed E-state index contributed by atoms with van der Waals surface area (Å²) in [5.41, 5.74) is 4.82. The Hall–Kier alpha value is -3.51. The molecule has 0 spiro atoms. The molecule has 1 fully saturated rings. The molecule has 0 unspecified atom stereocenters. The van der Waals surface area contributed by atoms with E-state index in [4.69, 9.17) is 9.47 Å². The fourth-order valence-electron chi connectivity index (χ4n) is 4.28. The maximum absolute atomic E-state index is 13.2. The quantitative estimate of drug-likeness (QED) is 0.508. The van der Waals surface area contributed by atoms with Crippen LogP contribution in [-0.4, -0.2) is 51.1 Å². The number of hydrogen-bond acceptors (Lipinski definition) is 5. The molecule has 0 radical (unpaired) electrons. The molecule has 3 aromatic rings. The molecular weight excluding hydrogens is 438 g/mol. The Morgan fingerprint density at radius 2 is 1.71 bits per heavy atom. The van der Waals surface area contributed by atoms with Gasteiger partial charge in [-0.25, -0.2) is 0 Å². The van der Waals surface area contributed by atoms with Crippen LogP contribution >= 0.6 is 0 Å². The van der Waals surface area contributed by atoms with Crippen LogP contribution in [0, 0.1) is 6.92 Å². The van der Waals surface area contributed by atoms with Crippen molar-refractivity contribution < 1.29 is 14.3 Å². The Kier molecular flexibility index (Phi) is 7.93. The zero-order chi connectivity index (χ0) is 24.8. The third kappa shape index (κ3) is 6.14. The van der Waals surface area contributed by atoms with E-state index in [-0.39, 0.29) is 11.9 Å². The summed E-state index contributed by atoms with van der Waals surface area (Å²) in [6, 6.07) is 21.8.